The number of hydrogen-bond acceptors (Lipinski definition) is 4. The molecule has 0 atom stereocenters. The van der Waals surface area contributed by atoms with E-state index in [0.29, 0.717) is 11.4 Å². The number of anilines is 1. The topological polar surface area (TPSA) is 80.6 Å². The number of rotatable bonds is 4. The van der Waals surface area contributed by atoms with Gasteiger partial charge in [-0.2, -0.15) is 0 Å². The van der Waals surface area contributed by atoms with Crippen molar-refractivity contribution in [2.75, 3.05) is 12.0 Å². The van der Waals surface area contributed by atoms with Gasteiger partial charge in [-0.1, -0.05) is 18.2 Å². The number of ether oxygens (including phenoxy) is 1. The first kappa shape index (κ1) is 20.2. The number of barbiturate groups is 1. The number of nitrogens with zero attached hydrogens (tertiary/aromatic N) is 2. The molecular weight excluding hydrogens is 394 g/mol. The van der Waals surface area contributed by atoms with Gasteiger partial charge in [-0.05, 0) is 68.0 Å². The molecule has 0 aliphatic carbocycles. The molecule has 7 heteroatoms. The second-order valence-corrected chi connectivity index (χ2v) is 7.15. The summed E-state index contributed by atoms with van der Waals surface area (Å²) in [5.74, 6) is -0.804. The van der Waals surface area contributed by atoms with Gasteiger partial charge in [-0.3, -0.25) is 14.9 Å². The molecule has 1 fully saturated rings. The Balaban J connectivity index is 1.74. The molecule has 1 aromatic heterocycles. The summed E-state index contributed by atoms with van der Waals surface area (Å²) in [6.07, 6.45) is 1.53. The lowest BCUT2D eigenvalue weighted by Gasteiger charge is -2.26. The van der Waals surface area contributed by atoms with E-state index in [1.807, 2.05) is 54.8 Å². The lowest BCUT2D eigenvalue weighted by Crippen LogP contribution is -2.54. The second kappa shape index (κ2) is 7.95. The number of carbonyl (C=O) groups is 3. The molecule has 1 saturated heterocycles. The molecule has 2 aromatic carbocycles. The fourth-order valence-corrected chi connectivity index (χ4v) is 3.69. The van der Waals surface area contributed by atoms with Gasteiger partial charge in [0.1, 0.15) is 11.3 Å². The maximum absolute atomic E-state index is 13.1. The Hall–Kier alpha value is -4.13. The molecule has 0 bridgehead atoms. The van der Waals surface area contributed by atoms with E-state index >= 15 is 0 Å². The van der Waals surface area contributed by atoms with Crippen LogP contribution in [-0.2, 0) is 9.59 Å². The Labute approximate surface area is 179 Å². The standard InChI is InChI=1S/C24H21N3O4/c1-15-13-17(16(2)26(15)18-7-5-4-6-8-18)14-21-22(28)25-24(30)27(23(21)29)19-9-11-20(31-3)12-10-19/h4-14H,1-3H3,(H,25,28,30)/b21-14+. The van der Waals surface area contributed by atoms with Crippen LogP contribution < -0.4 is 15.0 Å². The van der Waals surface area contributed by atoms with E-state index in [4.69, 9.17) is 4.74 Å². The van der Waals surface area contributed by atoms with Crippen LogP contribution in [0.25, 0.3) is 11.8 Å². The summed E-state index contributed by atoms with van der Waals surface area (Å²) in [4.78, 5) is 38.9. The molecule has 4 rings (SSSR count). The number of nitrogens with one attached hydrogen (secondary N) is 1. The maximum atomic E-state index is 13.1. The van der Waals surface area contributed by atoms with Gasteiger partial charge in [0.25, 0.3) is 11.8 Å². The van der Waals surface area contributed by atoms with Crippen LogP contribution in [0, 0.1) is 13.8 Å². The van der Waals surface area contributed by atoms with Crippen LogP contribution in [-0.4, -0.2) is 29.5 Å². The number of aryl methyl sites for hydroxylation is 1. The minimum atomic E-state index is -0.785. The molecule has 3 aromatic rings. The van der Waals surface area contributed by atoms with E-state index in [2.05, 4.69) is 5.32 Å². The van der Waals surface area contributed by atoms with Crippen molar-refractivity contribution in [1.29, 1.82) is 0 Å². The lowest BCUT2D eigenvalue weighted by molar-refractivity contribution is -0.122. The van der Waals surface area contributed by atoms with Crippen LogP contribution in [0.5, 0.6) is 5.75 Å². The van der Waals surface area contributed by atoms with E-state index in [9.17, 15) is 14.4 Å². The van der Waals surface area contributed by atoms with Gasteiger partial charge in [0.05, 0.1) is 12.8 Å². The van der Waals surface area contributed by atoms with Gasteiger partial charge >= 0.3 is 6.03 Å². The largest absolute Gasteiger partial charge is 0.497 e. The number of amides is 4. The Morgan fingerprint density at radius 1 is 0.903 bits per heavy atom. The zero-order valence-electron chi connectivity index (χ0n) is 17.4. The van der Waals surface area contributed by atoms with Gasteiger partial charge < -0.3 is 9.30 Å². The fraction of sp³-hybridized carbons (Fsp3) is 0.125. The van der Waals surface area contributed by atoms with Crippen molar-refractivity contribution in [3.63, 3.8) is 0 Å². The first-order chi connectivity index (χ1) is 14.9. The number of para-hydroxylation sites is 1. The van der Waals surface area contributed by atoms with Crippen molar-refractivity contribution >= 4 is 29.6 Å². The van der Waals surface area contributed by atoms with Gasteiger partial charge in [0, 0.05) is 17.1 Å². The van der Waals surface area contributed by atoms with E-state index in [0.717, 1.165) is 27.5 Å². The molecule has 0 saturated carbocycles. The predicted octanol–water partition coefficient (Wildman–Crippen LogP) is 3.77. The van der Waals surface area contributed by atoms with Crippen LogP contribution in [0.2, 0.25) is 0 Å². The Kier molecular flexibility index (Phi) is 5.17. The molecular formula is C24H21N3O4. The number of imide groups is 2. The third-order valence-corrected chi connectivity index (χ3v) is 5.22. The minimum Gasteiger partial charge on any atom is -0.497 e. The summed E-state index contributed by atoms with van der Waals surface area (Å²) in [5.41, 5.74) is 3.78. The first-order valence-electron chi connectivity index (χ1n) is 9.70. The molecule has 156 valence electrons. The van der Waals surface area contributed by atoms with E-state index < -0.39 is 17.8 Å². The smallest absolute Gasteiger partial charge is 0.335 e. The zero-order valence-corrected chi connectivity index (χ0v) is 17.4. The number of aromatic nitrogens is 1. The number of methoxy groups -OCH3 is 1. The van der Waals surface area contributed by atoms with E-state index in [1.165, 1.54) is 13.2 Å². The minimum absolute atomic E-state index is 0.108. The van der Waals surface area contributed by atoms with Crippen LogP contribution >= 0.6 is 0 Å². The summed E-state index contributed by atoms with van der Waals surface area (Å²) in [5, 5.41) is 2.25. The Morgan fingerprint density at radius 2 is 1.58 bits per heavy atom. The summed E-state index contributed by atoms with van der Waals surface area (Å²) in [7, 11) is 1.53. The molecule has 4 amide bonds. The van der Waals surface area contributed by atoms with Crippen LogP contribution in [0.15, 0.2) is 66.2 Å². The van der Waals surface area contributed by atoms with Crippen molar-refractivity contribution in [3.05, 3.63) is 83.2 Å². The number of carbonyl (C=O) groups excluding carboxylic acids is 3. The van der Waals surface area contributed by atoms with Crippen molar-refractivity contribution in [2.45, 2.75) is 13.8 Å². The van der Waals surface area contributed by atoms with Crippen molar-refractivity contribution < 1.29 is 19.1 Å². The third-order valence-electron chi connectivity index (χ3n) is 5.22. The molecule has 0 unspecified atom stereocenters. The highest BCUT2D eigenvalue weighted by atomic mass is 16.5. The van der Waals surface area contributed by atoms with Crippen LogP contribution in [0.3, 0.4) is 0 Å². The van der Waals surface area contributed by atoms with Gasteiger partial charge in [-0.15, -0.1) is 0 Å². The molecule has 1 aliphatic heterocycles. The molecule has 2 heterocycles. The number of hydrogen-bond donors (Lipinski definition) is 1. The van der Waals surface area contributed by atoms with Gasteiger partial charge in [0.15, 0.2) is 0 Å². The van der Waals surface area contributed by atoms with Gasteiger partial charge in [0.2, 0.25) is 0 Å². The quantitative estimate of drug-likeness (QED) is 0.520. The normalized spacial score (nSPS) is 15.4. The predicted molar refractivity (Wildman–Crippen MR) is 117 cm³/mol. The van der Waals surface area contributed by atoms with Gasteiger partial charge in [-0.25, -0.2) is 9.69 Å². The second-order valence-electron chi connectivity index (χ2n) is 7.15. The monoisotopic (exact) mass is 415 g/mol. The Bertz CT molecular complexity index is 1210. The average Bonchev–Trinajstić information content (AvgIpc) is 3.05. The highest BCUT2D eigenvalue weighted by Gasteiger charge is 2.37. The van der Waals surface area contributed by atoms with Crippen molar-refractivity contribution in [3.8, 4) is 11.4 Å². The van der Waals surface area contributed by atoms with Crippen molar-refractivity contribution in [2.24, 2.45) is 0 Å². The summed E-state index contributed by atoms with van der Waals surface area (Å²) < 4.78 is 7.16. The molecule has 0 radical (unpaired) electrons. The summed E-state index contributed by atoms with van der Waals surface area (Å²) >= 11 is 0. The number of urea groups is 1. The number of benzene rings is 2. The Morgan fingerprint density at radius 3 is 2.23 bits per heavy atom. The highest BCUT2D eigenvalue weighted by molar-refractivity contribution is 6.39. The van der Waals surface area contributed by atoms with E-state index in [1.54, 1.807) is 24.3 Å². The average molecular weight is 415 g/mol. The summed E-state index contributed by atoms with van der Waals surface area (Å²) in [6, 6.07) is 17.4. The van der Waals surface area contributed by atoms with Crippen LogP contribution in [0.4, 0.5) is 10.5 Å². The van der Waals surface area contributed by atoms with Crippen LogP contribution in [0.1, 0.15) is 17.0 Å². The first-order valence-corrected chi connectivity index (χ1v) is 9.70. The zero-order chi connectivity index (χ0) is 22.1. The maximum Gasteiger partial charge on any atom is 0.335 e. The lowest BCUT2D eigenvalue weighted by atomic mass is 10.1. The third kappa shape index (κ3) is 3.61. The molecule has 7 nitrogen and oxygen atoms in total. The molecule has 1 aliphatic rings. The SMILES string of the molecule is COc1ccc(N2C(=O)NC(=O)/C(=C\c3cc(C)n(-c4ccccc4)c3C)C2=O)cc1. The highest BCUT2D eigenvalue weighted by Crippen LogP contribution is 2.27. The summed E-state index contributed by atoms with van der Waals surface area (Å²) in [6.45, 7) is 3.88. The van der Waals surface area contributed by atoms with Crippen molar-refractivity contribution in [1.82, 2.24) is 9.88 Å². The molecule has 0 spiro atoms. The fourth-order valence-electron chi connectivity index (χ4n) is 3.69. The molecule has 1 N–H and O–H groups in total. The molecule has 31 heavy (non-hydrogen) atoms. The van der Waals surface area contributed by atoms with E-state index in [-0.39, 0.29) is 5.57 Å².